The lowest BCUT2D eigenvalue weighted by Gasteiger charge is -2.27. The first-order chi connectivity index (χ1) is 20.4. The summed E-state index contributed by atoms with van der Waals surface area (Å²) in [6.07, 6.45) is 7.29. The van der Waals surface area contributed by atoms with Gasteiger partial charge in [-0.1, -0.05) is 30.3 Å². The molecule has 0 atom stereocenters. The highest BCUT2D eigenvalue weighted by atomic mass is 16.5. The van der Waals surface area contributed by atoms with Crippen molar-refractivity contribution in [3.8, 4) is 11.5 Å². The number of imidazole rings is 1. The van der Waals surface area contributed by atoms with Gasteiger partial charge in [0.05, 0.1) is 25.5 Å². The minimum atomic E-state index is -0.899. The molecule has 2 heterocycles. The van der Waals surface area contributed by atoms with Crippen LogP contribution in [0.15, 0.2) is 85.5 Å². The Morgan fingerprint density at radius 2 is 1.48 bits per heavy atom. The summed E-state index contributed by atoms with van der Waals surface area (Å²) in [7, 11) is 3.32. The maximum absolute atomic E-state index is 13.5. The number of hydrogen-bond donors (Lipinski definition) is 2. The maximum Gasteiger partial charge on any atom is 0.327 e. The van der Waals surface area contributed by atoms with Crippen LogP contribution in [0, 0.1) is 0 Å². The SMILES string of the molecule is COc1ccc(CN(Cc2ccc(OC)cc2)c2cccc(C3(NC(=O)C4(NC(=O)n5ccnc5)CC4)CC3)n2)cc1. The first-order valence-corrected chi connectivity index (χ1v) is 14.0. The van der Waals surface area contributed by atoms with Crippen LogP contribution < -0.4 is 25.0 Å². The summed E-state index contributed by atoms with van der Waals surface area (Å²) in [5.41, 5.74) is 1.61. The second-order valence-corrected chi connectivity index (χ2v) is 11.0. The Balaban J connectivity index is 1.22. The van der Waals surface area contributed by atoms with Crippen LogP contribution in [0.1, 0.15) is 42.5 Å². The first-order valence-electron chi connectivity index (χ1n) is 14.0. The van der Waals surface area contributed by atoms with E-state index in [4.69, 9.17) is 14.5 Å². The molecule has 2 aliphatic carbocycles. The lowest BCUT2D eigenvalue weighted by molar-refractivity contribution is -0.125. The van der Waals surface area contributed by atoms with E-state index in [0.717, 1.165) is 47.0 Å². The number of methoxy groups -OCH3 is 2. The third-order valence-corrected chi connectivity index (χ3v) is 7.99. The van der Waals surface area contributed by atoms with Gasteiger partial charge in [0.25, 0.3) is 0 Å². The van der Waals surface area contributed by atoms with E-state index in [1.807, 2.05) is 42.5 Å². The molecule has 2 aromatic heterocycles. The van der Waals surface area contributed by atoms with Gasteiger partial charge in [-0.2, -0.15) is 0 Å². The van der Waals surface area contributed by atoms with Crippen molar-refractivity contribution in [2.45, 2.75) is 49.9 Å². The van der Waals surface area contributed by atoms with Gasteiger partial charge in [0.15, 0.2) is 0 Å². The second-order valence-electron chi connectivity index (χ2n) is 11.0. The predicted octanol–water partition coefficient (Wildman–Crippen LogP) is 4.40. The molecule has 2 fully saturated rings. The molecule has 216 valence electrons. The topological polar surface area (TPSA) is 111 Å². The number of nitrogens with zero attached hydrogens (tertiary/aromatic N) is 4. The summed E-state index contributed by atoms with van der Waals surface area (Å²) >= 11 is 0. The maximum atomic E-state index is 13.5. The van der Waals surface area contributed by atoms with Crippen LogP contribution in [0.5, 0.6) is 11.5 Å². The average molecular weight is 567 g/mol. The van der Waals surface area contributed by atoms with Crippen LogP contribution in [-0.4, -0.2) is 46.2 Å². The van der Waals surface area contributed by atoms with Crippen molar-refractivity contribution in [1.82, 2.24) is 25.2 Å². The lowest BCUT2D eigenvalue weighted by atomic mass is 10.1. The van der Waals surface area contributed by atoms with Gasteiger partial charge in [0.1, 0.15) is 29.2 Å². The zero-order valence-electron chi connectivity index (χ0n) is 23.7. The smallest absolute Gasteiger partial charge is 0.327 e. The Hall–Kier alpha value is -4.86. The number of rotatable bonds is 11. The van der Waals surface area contributed by atoms with Gasteiger partial charge in [0, 0.05) is 25.5 Å². The molecule has 0 radical (unpaired) electrons. The Morgan fingerprint density at radius 3 is 1.98 bits per heavy atom. The van der Waals surface area contributed by atoms with Crippen LogP contribution in [0.3, 0.4) is 0 Å². The van der Waals surface area contributed by atoms with Crippen LogP contribution in [0.2, 0.25) is 0 Å². The number of ether oxygens (including phenoxy) is 2. The van der Waals surface area contributed by atoms with E-state index < -0.39 is 11.1 Å². The van der Waals surface area contributed by atoms with Crippen LogP contribution in [-0.2, 0) is 23.4 Å². The zero-order valence-corrected chi connectivity index (χ0v) is 23.7. The van der Waals surface area contributed by atoms with E-state index in [1.165, 1.54) is 17.1 Å². The summed E-state index contributed by atoms with van der Waals surface area (Å²) in [6.45, 7) is 1.27. The molecule has 2 aromatic carbocycles. The highest BCUT2D eigenvalue weighted by Gasteiger charge is 2.56. The third-order valence-electron chi connectivity index (χ3n) is 7.99. The van der Waals surface area contributed by atoms with Gasteiger partial charge in [-0.3, -0.25) is 9.36 Å². The highest BCUT2D eigenvalue weighted by Crippen LogP contribution is 2.47. The van der Waals surface area contributed by atoms with E-state index in [2.05, 4.69) is 44.8 Å². The number of amides is 2. The molecular formula is C32H34N6O4. The van der Waals surface area contributed by atoms with Crippen LogP contribution >= 0.6 is 0 Å². The fraction of sp³-hybridized carbons (Fsp3) is 0.312. The Morgan fingerprint density at radius 1 is 0.857 bits per heavy atom. The third kappa shape index (κ3) is 5.79. The number of anilines is 1. The van der Waals surface area contributed by atoms with Crippen molar-refractivity contribution in [1.29, 1.82) is 0 Å². The van der Waals surface area contributed by atoms with Crippen molar-refractivity contribution < 1.29 is 19.1 Å². The van der Waals surface area contributed by atoms with E-state index in [9.17, 15) is 9.59 Å². The van der Waals surface area contributed by atoms with Crippen molar-refractivity contribution in [2.24, 2.45) is 0 Å². The fourth-order valence-electron chi connectivity index (χ4n) is 5.08. The molecule has 2 N–H and O–H groups in total. The van der Waals surface area contributed by atoms with Gasteiger partial charge in [0.2, 0.25) is 5.91 Å². The van der Waals surface area contributed by atoms with Crippen LogP contribution in [0.4, 0.5) is 10.6 Å². The summed E-state index contributed by atoms with van der Waals surface area (Å²) < 4.78 is 12.0. The fourth-order valence-corrected chi connectivity index (χ4v) is 5.08. The van der Waals surface area contributed by atoms with Crippen LogP contribution in [0.25, 0.3) is 0 Å². The number of hydrogen-bond acceptors (Lipinski definition) is 7. The number of benzene rings is 2. The second kappa shape index (κ2) is 11.2. The summed E-state index contributed by atoms with van der Waals surface area (Å²) in [5.74, 6) is 2.26. The molecule has 4 aromatic rings. The predicted molar refractivity (Wildman–Crippen MR) is 157 cm³/mol. The molecule has 2 amide bonds. The quantitative estimate of drug-likeness (QED) is 0.277. The van der Waals surface area contributed by atoms with E-state index >= 15 is 0 Å². The number of carbonyl (C=O) groups is 2. The molecule has 0 spiro atoms. The highest BCUT2D eigenvalue weighted by molar-refractivity contribution is 5.94. The minimum Gasteiger partial charge on any atom is -0.497 e. The van der Waals surface area contributed by atoms with E-state index in [-0.39, 0.29) is 11.9 Å². The number of carbonyl (C=O) groups excluding carboxylic acids is 2. The van der Waals surface area contributed by atoms with E-state index in [1.54, 1.807) is 20.4 Å². The van der Waals surface area contributed by atoms with Gasteiger partial charge in [-0.05, 0) is 73.2 Å². The summed E-state index contributed by atoms with van der Waals surface area (Å²) in [6, 6.07) is 21.7. The average Bonchev–Trinajstić information content (AvgIpc) is 3.93. The van der Waals surface area contributed by atoms with Gasteiger partial charge in [-0.25, -0.2) is 14.8 Å². The van der Waals surface area contributed by atoms with Crippen molar-refractivity contribution in [3.63, 3.8) is 0 Å². The summed E-state index contributed by atoms with van der Waals surface area (Å²) in [5, 5.41) is 6.14. The largest absolute Gasteiger partial charge is 0.497 e. The van der Waals surface area contributed by atoms with Gasteiger partial charge >= 0.3 is 6.03 Å². The Kier molecular flexibility index (Phi) is 7.28. The van der Waals surface area contributed by atoms with Crippen molar-refractivity contribution in [3.05, 3.63) is 102 Å². The lowest BCUT2D eigenvalue weighted by Crippen LogP contribution is -2.52. The molecule has 0 bridgehead atoms. The minimum absolute atomic E-state index is 0.172. The molecular weight excluding hydrogens is 532 g/mol. The van der Waals surface area contributed by atoms with Crippen molar-refractivity contribution in [2.75, 3.05) is 19.1 Å². The molecule has 10 nitrogen and oxygen atoms in total. The molecule has 0 saturated heterocycles. The number of pyridine rings is 1. The molecule has 0 aliphatic heterocycles. The summed E-state index contributed by atoms with van der Waals surface area (Å²) in [4.78, 5) is 37.3. The van der Waals surface area contributed by atoms with E-state index in [0.29, 0.717) is 25.9 Å². The molecule has 6 rings (SSSR count). The monoisotopic (exact) mass is 566 g/mol. The molecule has 10 heteroatoms. The molecule has 42 heavy (non-hydrogen) atoms. The number of nitrogens with one attached hydrogen (secondary N) is 2. The molecule has 2 saturated carbocycles. The normalized spacial score (nSPS) is 15.8. The molecule has 0 unspecified atom stereocenters. The standard InChI is InChI=1S/C32H34N6O4/c1-41-25-10-6-23(7-11-25)20-38(21-24-8-12-26(42-2)13-9-24)28-5-3-4-27(34-28)31(14-15-31)35-29(39)32(16-17-32)36-30(40)37-19-18-33-22-37/h3-13,18-19,22H,14-17,20-21H2,1-2H3,(H,35,39)(H,36,40). The zero-order chi connectivity index (χ0) is 29.2. The van der Waals surface area contributed by atoms with Crippen molar-refractivity contribution >= 4 is 17.8 Å². The van der Waals surface area contributed by atoms with Gasteiger partial charge in [-0.15, -0.1) is 0 Å². The van der Waals surface area contributed by atoms with Gasteiger partial charge < -0.3 is 25.0 Å². The molecule has 2 aliphatic rings. The first kappa shape index (κ1) is 27.3. The Bertz CT molecular complexity index is 1500. The number of aromatic nitrogens is 3. The Labute approximate surface area is 244 Å².